The first-order valence-electron chi connectivity index (χ1n) is 55.4. The van der Waals surface area contributed by atoms with E-state index in [2.05, 4.69) is 120 Å². The van der Waals surface area contributed by atoms with Crippen LogP contribution in [-0.4, -0.2) is 275 Å². The van der Waals surface area contributed by atoms with Gasteiger partial charge < -0.3 is 78.7 Å². The summed E-state index contributed by atoms with van der Waals surface area (Å²) in [6.07, 6.45) is 98.8. The van der Waals surface area contributed by atoms with E-state index in [4.69, 9.17) is 47.4 Å². The molecule has 784 valence electrons. The molecule has 18 heterocycles. The SMILES string of the molecule is C.C1=CCCCC1.C1=CCCCC=C1.C1=CCCCCC1.C1=NCCS1.C1CCCCC1.C1CCCCCC1.C1CCCNCC1.C1CCCOCC1.C1CCCSCC1.C1CCNC1.C1CCNCC1.C1CCOC1.C1CCOCC1.C1CCOCC1.C1CCSC1.C1CCSCC1.C1CN1.C1CNC1.C1CO1.C1COC1.C1COCCO1.C1COCCOC1.C1CSCCO1. The Morgan fingerprint density at radius 2 is 0.348 bits per heavy atom. The second-order valence-corrected chi connectivity index (χ2v) is 41.6. The number of hydrogen-bond donors (Lipinski definition) is 5. The lowest BCUT2D eigenvalue weighted by atomic mass is 10.0. The Balaban J connectivity index is 0.00000136. The van der Waals surface area contributed by atoms with Crippen molar-refractivity contribution in [2.75, 3.05) is 269 Å². The fourth-order valence-electron chi connectivity index (χ4n) is 14.0. The van der Waals surface area contributed by atoms with Gasteiger partial charge in [0.1, 0.15) is 0 Å². The Morgan fingerprint density at radius 1 is 0.159 bits per heavy atom. The van der Waals surface area contributed by atoms with E-state index < -0.39 is 0 Å². The molecular formula is C110H218N6O11S5. The molecule has 5 N–H and O–H groups in total. The summed E-state index contributed by atoms with van der Waals surface area (Å²) in [5.41, 5.74) is 1.90. The normalized spacial score (nSPS) is 23.2. The van der Waals surface area contributed by atoms with Crippen LogP contribution in [0.15, 0.2) is 53.6 Å². The maximum atomic E-state index is 5.19. The lowest BCUT2D eigenvalue weighted by molar-refractivity contribution is -0.0334. The number of nitrogens with one attached hydrogen (secondary N) is 5. The minimum absolute atomic E-state index is 0. The minimum Gasteiger partial charge on any atom is -0.381 e. The first-order chi connectivity index (χ1) is 65.5. The summed E-state index contributed by atoms with van der Waals surface area (Å²) in [5, 5.41) is 16.0. The third-order valence-corrected chi connectivity index (χ3v) is 27.9. The molecule has 132 heavy (non-hydrogen) atoms. The highest BCUT2D eigenvalue weighted by atomic mass is 32.2. The first-order valence-corrected chi connectivity index (χ1v) is 61.1. The smallest absolute Gasteiger partial charge is 0.0701 e. The summed E-state index contributed by atoms with van der Waals surface area (Å²) in [6.45, 7) is 33.9. The molecule has 22 heteroatoms. The molecule has 2 saturated carbocycles. The van der Waals surface area contributed by atoms with Crippen LogP contribution in [0.1, 0.15) is 380 Å². The van der Waals surface area contributed by atoms with Gasteiger partial charge in [-0.1, -0.05) is 197 Å². The molecule has 23 rings (SSSR count). The third kappa shape index (κ3) is 134. The maximum Gasteiger partial charge on any atom is 0.0701 e. The number of hydrogen-bond acceptors (Lipinski definition) is 22. The van der Waals surface area contributed by atoms with Crippen LogP contribution in [0.2, 0.25) is 0 Å². The zero-order valence-corrected chi connectivity index (χ0v) is 89.5. The van der Waals surface area contributed by atoms with Crippen molar-refractivity contribution in [3.8, 4) is 0 Å². The minimum atomic E-state index is 0. The van der Waals surface area contributed by atoms with Crippen LogP contribution in [0.3, 0.4) is 0 Å². The quantitative estimate of drug-likeness (QED) is 0.0875. The number of aliphatic imine (C=N–C) groups is 1. The van der Waals surface area contributed by atoms with Gasteiger partial charge in [0.05, 0.1) is 71.6 Å². The van der Waals surface area contributed by atoms with Crippen molar-refractivity contribution in [1.82, 2.24) is 26.6 Å². The fourth-order valence-corrected chi connectivity index (χ4v) is 18.2. The number of rotatable bonds is 0. The summed E-state index contributed by atoms with van der Waals surface area (Å²) in [5.74, 6) is 12.1. The monoisotopic (exact) mass is 1960 g/mol. The van der Waals surface area contributed by atoms with E-state index in [1.54, 1.807) is 11.8 Å². The van der Waals surface area contributed by atoms with Crippen molar-refractivity contribution in [1.29, 1.82) is 0 Å². The standard InChI is InChI=1S/C7H14.C7H12.C7H10.C6H13N.C6H12O.C6H12S.C6H12.C6H10.C5H11N.C5H10O2.2C5H10O.C5H10S.C4H9N.C4H8O2.C4H8OS.C4H8O.C4H8S.C3H5NS.C3H7N.C3H6O.C2H5N.C2H4O.CH4/c6*1-2-4-6-7-5-3-1;3*1-2-4-6-5-3-1;1-2-6-4-5-7-3-1;3*1-2-4-6-5-3-1;1-2-4-5-3-1;1-2-6-4-3-5-1;1-3-6-4-2-5-1;2*1-2-4-5-3-1;1-2-5-3-4-1;2*1-2-4-3-1;2*1-2-3-1;/h1-7H2;1-2H,3-7H2;1-4H,5-7H2;7H,1-6H2;2*1-6H2;1-6H2;1-2H,3-6H2;6H,1-5H2;1-5H2;3*1-5H2;5H,1-4H2;2*1-4H2;2*1-4H2;3H,1-2H2;4H,1-3H2;1-3H2;3H,1-2H2;1-2H2;1H4. The second kappa shape index (κ2) is 129. The van der Waals surface area contributed by atoms with E-state index in [0.29, 0.717) is 0 Å². The average Bonchev–Trinajstić information content (AvgIpc) is 2.12. The second-order valence-electron chi connectivity index (χ2n) is 35.7. The molecule has 0 aromatic heterocycles. The van der Waals surface area contributed by atoms with Gasteiger partial charge in [0.25, 0.3) is 0 Å². The van der Waals surface area contributed by atoms with Gasteiger partial charge in [-0.25, -0.2) is 0 Å². The highest BCUT2D eigenvalue weighted by Gasteiger charge is 2.06. The summed E-state index contributed by atoms with van der Waals surface area (Å²) >= 11 is 10.0. The van der Waals surface area contributed by atoms with Gasteiger partial charge in [0.2, 0.25) is 0 Å². The highest BCUT2D eigenvalue weighted by molar-refractivity contribution is 8.12. The van der Waals surface area contributed by atoms with E-state index in [0.717, 1.165) is 158 Å². The molecule has 0 spiro atoms. The number of piperidine rings is 1. The molecule has 18 aliphatic heterocycles. The number of epoxide rings is 1. The van der Waals surface area contributed by atoms with E-state index in [1.807, 2.05) is 17.3 Å². The molecule has 19 fully saturated rings. The van der Waals surface area contributed by atoms with E-state index in [-0.39, 0.29) is 7.43 Å². The Kier molecular flexibility index (Phi) is 128. The molecule has 23 aliphatic rings. The zero-order chi connectivity index (χ0) is 92.6. The van der Waals surface area contributed by atoms with Crippen molar-refractivity contribution < 1.29 is 52.1 Å². The van der Waals surface area contributed by atoms with E-state index >= 15 is 0 Å². The van der Waals surface area contributed by atoms with Crippen LogP contribution in [0, 0.1) is 0 Å². The largest absolute Gasteiger partial charge is 0.381 e. The summed E-state index contributed by atoms with van der Waals surface area (Å²) in [7, 11) is 0. The van der Waals surface area contributed by atoms with Crippen LogP contribution in [0.25, 0.3) is 0 Å². The number of ether oxygens (including phenoxy) is 11. The number of nitrogens with zero attached hydrogens (tertiary/aromatic N) is 1. The Morgan fingerprint density at radius 3 is 0.591 bits per heavy atom. The zero-order valence-electron chi connectivity index (χ0n) is 85.4. The van der Waals surface area contributed by atoms with Gasteiger partial charge >= 0.3 is 0 Å². The van der Waals surface area contributed by atoms with Crippen molar-refractivity contribution in [2.24, 2.45) is 4.99 Å². The Bertz CT molecular complexity index is 1660. The fraction of sp³-hybridized carbons (Fsp3) is 0.918. The lowest BCUT2D eigenvalue weighted by Gasteiger charge is -2.09. The lowest BCUT2D eigenvalue weighted by Crippen LogP contribution is -2.29. The molecule has 0 amide bonds. The van der Waals surface area contributed by atoms with Gasteiger partial charge in [-0.15, -0.1) is 11.8 Å². The molecule has 0 unspecified atom stereocenters. The maximum absolute atomic E-state index is 5.19. The molecule has 0 radical (unpaired) electrons. The molecule has 0 aromatic rings. The van der Waals surface area contributed by atoms with Crippen LogP contribution in [0.5, 0.6) is 0 Å². The van der Waals surface area contributed by atoms with Gasteiger partial charge in [-0.2, -0.15) is 47.0 Å². The molecule has 17 saturated heterocycles. The summed E-state index contributed by atoms with van der Waals surface area (Å²) in [4.78, 5) is 3.92. The van der Waals surface area contributed by atoms with E-state index in [9.17, 15) is 0 Å². The molecule has 5 aliphatic carbocycles. The Hall–Kier alpha value is -0.260. The number of allylic oxidation sites excluding steroid dienone is 8. The van der Waals surface area contributed by atoms with Crippen LogP contribution in [0.4, 0.5) is 0 Å². The summed E-state index contributed by atoms with van der Waals surface area (Å²) in [6, 6.07) is 0. The van der Waals surface area contributed by atoms with Crippen molar-refractivity contribution in [3.63, 3.8) is 0 Å². The summed E-state index contributed by atoms with van der Waals surface area (Å²) < 4.78 is 54.6. The van der Waals surface area contributed by atoms with Crippen molar-refractivity contribution in [2.45, 2.75) is 380 Å². The molecule has 0 atom stereocenters. The van der Waals surface area contributed by atoms with Gasteiger partial charge in [0.15, 0.2) is 0 Å². The predicted molar refractivity (Wildman–Crippen MR) is 590 cm³/mol. The third-order valence-electron chi connectivity index (χ3n) is 22.8. The van der Waals surface area contributed by atoms with Crippen molar-refractivity contribution >= 4 is 64.4 Å². The molecule has 17 nitrogen and oxygen atoms in total. The predicted octanol–water partition coefficient (Wildman–Crippen LogP) is 27.3. The van der Waals surface area contributed by atoms with Crippen molar-refractivity contribution in [3.05, 3.63) is 48.6 Å². The van der Waals surface area contributed by atoms with Crippen LogP contribution >= 0.6 is 58.8 Å². The van der Waals surface area contributed by atoms with Gasteiger partial charge in [0, 0.05) is 116 Å². The Labute approximate surface area is 839 Å². The topological polar surface area (TPSA) is 187 Å². The van der Waals surface area contributed by atoms with Crippen LogP contribution < -0.4 is 26.6 Å². The van der Waals surface area contributed by atoms with Crippen LogP contribution in [-0.2, 0) is 52.1 Å². The van der Waals surface area contributed by atoms with Gasteiger partial charge in [-0.05, 0) is 318 Å². The van der Waals surface area contributed by atoms with E-state index in [1.165, 1.54) is 483 Å². The molecular weight excluding hydrogens is 1740 g/mol. The number of thioether (sulfide) groups is 5. The first kappa shape index (κ1) is 132. The molecule has 0 bridgehead atoms. The average molecular weight is 1960 g/mol. The highest BCUT2D eigenvalue weighted by Crippen LogP contribution is 2.20. The van der Waals surface area contributed by atoms with Gasteiger partial charge in [-0.3, -0.25) is 4.99 Å². The molecule has 0 aromatic carbocycles.